The molecule has 3 nitrogen and oxygen atoms in total. The molecule has 0 heterocycles. The quantitative estimate of drug-likeness (QED) is 0.0642. The van der Waals surface area contributed by atoms with E-state index in [1.807, 2.05) is 0 Å². The topological polar surface area (TPSA) is 40.5 Å². The van der Waals surface area contributed by atoms with Gasteiger partial charge in [0.1, 0.15) is 0 Å². The maximum atomic E-state index is 11.2. The number of carbonyl (C=O) groups is 1. The first-order chi connectivity index (χ1) is 24.5. The van der Waals surface area contributed by atoms with E-state index in [4.69, 9.17) is 0 Å². The number of rotatable bonds is 43. The molecule has 50 heavy (non-hydrogen) atoms. The van der Waals surface area contributed by atoms with Crippen molar-refractivity contribution in [2.45, 2.75) is 265 Å². The molecule has 0 aliphatic rings. The fourth-order valence-corrected chi connectivity index (χ4v) is 8.09. The summed E-state index contributed by atoms with van der Waals surface area (Å²) in [6, 6.07) is 0. The summed E-state index contributed by atoms with van der Waals surface area (Å²) < 4.78 is 0. The molecule has 2 atom stereocenters. The minimum Gasteiger partial charge on any atom is -0.481 e. The molecule has 0 fully saturated rings. The van der Waals surface area contributed by atoms with E-state index in [2.05, 4.69) is 32.6 Å². The van der Waals surface area contributed by atoms with Crippen LogP contribution in [0.2, 0.25) is 0 Å². The second kappa shape index (κ2) is 41.2. The van der Waals surface area contributed by atoms with Crippen molar-refractivity contribution in [3.05, 3.63) is 0 Å². The predicted molar refractivity (Wildman–Crippen MR) is 225 cm³/mol. The molecule has 0 saturated carbocycles. The van der Waals surface area contributed by atoms with E-state index in [0.29, 0.717) is 6.42 Å². The minimum atomic E-state index is -0.629. The summed E-state index contributed by atoms with van der Waals surface area (Å²) in [6.07, 6.45) is 50.0. The molecule has 0 radical (unpaired) electrons. The predicted octanol–water partition coefficient (Wildman–Crippen LogP) is 16.1. The Hall–Kier alpha value is -0.570. The zero-order valence-corrected chi connectivity index (χ0v) is 35.2. The molecule has 0 aromatic heterocycles. The lowest BCUT2D eigenvalue weighted by Crippen LogP contribution is -2.34. The van der Waals surface area contributed by atoms with E-state index in [1.54, 1.807) is 0 Å². The Balaban J connectivity index is 4.70. The molecular formula is C47H95NO2. The van der Waals surface area contributed by atoms with Crippen molar-refractivity contribution >= 4 is 5.97 Å². The molecule has 0 aliphatic carbocycles. The van der Waals surface area contributed by atoms with Crippen LogP contribution in [-0.4, -0.2) is 35.6 Å². The van der Waals surface area contributed by atoms with Gasteiger partial charge in [-0.15, -0.1) is 0 Å². The highest BCUT2D eigenvalue weighted by atomic mass is 16.4. The standard InChI is InChI=1S/C47H95NO2/c1-5-8-11-14-17-19-21-22-23-24-25-28-31-34-39-46(40-35-36-41-47(49)50)44-48(42-37-32-29-26-20-18-15-12-9-6-2)43-45(4)38-33-30-27-16-13-10-7-3/h45-46H,5-44H2,1-4H3,(H,49,50). The molecule has 1 N–H and O–H groups in total. The van der Waals surface area contributed by atoms with Crippen LogP contribution in [0, 0.1) is 11.8 Å². The molecule has 0 spiro atoms. The van der Waals surface area contributed by atoms with Gasteiger partial charge >= 0.3 is 5.97 Å². The molecule has 2 unspecified atom stereocenters. The highest BCUT2D eigenvalue weighted by Crippen LogP contribution is 2.23. The first-order valence-electron chi connectivity index (χ1n) is 23.5. The van der Waals surface area contributed by atoms with Crippen LogP contribution in [0.4, 0.5) is 0 Å². The number of hydrogen-bond donors (Lipinski definition) is 1. The van der Waals surface area contributed by atoms with Crippen LogP contribution >= 0.6 is 0 Å². The zero-order valence-electron chi connectivity index (χ0n) is 35.2. The molecule has 0 aliphatic heterocycles. The third-order valence-corrected chi connectivity index (χ3v) is 11.4. The van der Waals surface area contributed by atoms with E-state index in [9.17, 15) is 9.90 Å². The maximum Gasteiger partial charge on any atom is 0.303 e. The first-order valence-corrected chi connectivity index (χ1v) is 23.5. The molecule has 300 valence electrons. The van der Waals surface area contributed by atoms with E-state index in [0.717, 1.165) is 24.7 Å². The highest BCUT2D eigenvalue weighted by Gasteiger charge is 2.17. The normalized spacial score (nSPS) is 13.0. The lowest BCUT2D eigenvalue weighted by atomic mass is 9.93. The van der Waals surface area contributed by atoms with Gasteiger partial charge in [0.2, 0.25) is 0 Å². The molecule has 0 aromatic rings. The molecule has 3 heteroatoms. The van der Waals surface area contributed by atoms with E-state index >= 15 is 0 Å². The van der Waals surface area contributed by atoms with Gasteiger partial charge in [0.25, 0.3) is 0 Å². The van der Waals surface area contributed by atoms with Crippen LogP contribution < -0.4 is 0 Å². The molecule has 0 saturated heterocycles. The van der Waals surface area contributed by atoms with E-state index in [1.165, 1.54) is 238 Å². The smallest absolute Gasteiger partial charge is 0.303 e. The molecule has 0 rings (SSSR count). The number of nitrogens with zero attached hydrogens (tertiary/aromatic N) is 1. The van der Waals surface area contributed by atoms with Crippen LogP contribution in [0.25, 0.3) is 0 Å². The van der Waals surface area contributed by atoms with Gasteiger partial charge in [-0.2, -0.15) is 0 Å². The Morgan fingerprint density at radius 2 is 0.740 bits per heavy atom. The summed E-state index contributed by atoms with van der Waals surface area (Å²) >= 11 is 0. The Morgan fingerprint density at radius 3 is 1.12 bits per heavy atom. The van der Waals surface area contributed by atoms with Crippen molar-refractivity contribution in [3.8, 4) is 0 Å². The van der Waals surface area contributed by atoms with Gasteiger partial charge in [-0.25, -0.2) is 0 Å². The molecule has 0 amide bonds. The number of unbranched alkanes of at least 4 members (excludes halogenated alkanes) is 29. The highest BCUT2D eigenvalue weighted by molar-refractivity contribution is 5.66. The monoisotopic (exact) mass is 706 g/mol. The SMILES string of the molecule is CCCCCCCCCCCCCCCCC(CCCCC(=O)O)CN(CCCCCCCCCCCC)CC(C)CCCCCCCCC. The largest absolute Gasteiger partial charge is 0.481 e. The van der Waals surface area contributed by atoms with Gasteiger partial charge in [-0.1, -0.05) is 227 Å². The van der Waals surface area contributed by atoms with Crippen LogP contribution in [0.3, 0.4) is 0 Å². The Kier molecular flexibility index (Phi) is 40.7. The average Bonchev–Trinajstić information content (AvgIpc) is 3.10. The molecular weight excluding hydrogens is 611 g/mol. The summed E-state index contributed by atoms with van der Waals surface area (Å²) in [5.74, 6) is 0.882. The van der Waals surface area contributed by atoms with Crippen molar-refractivity contribution in [1.82, 2.24) is 4.90 Å². The van der Waals surface area contributed by atoms with Gasteiger partial charge in [-0.3, -0.25) is 4.79 Å². The minimum absolute atomic E-state index is 0.337. The van der Waals surface area contributed by atoms with Crippen LogP contribution in [-0.2, 0) is 4.79 Å². The lowest BCUT2D eigenvalue weighted by molar-refractivity contribution is -0.137. The van der Waals surface area contributed by atoms with Crippen molar-refractivity contribution in [2.75, 3.05) is 19.6 Å². The molecule has 0 bridgehead atoms. The summed E-state index contributed by atoms with van der Waals surface area (Å²) in [5, 5.41) is 9.22. The number of aliphatic carboxylic acids is 1. The second-order valence-electron chi connectivity index (χ2n) is 16.8. The molecule has 0 aromatic carbocycles. The summed E-state index contributed by atoms with van der Waals surface area (Å²) in [5.41, 5.74) is 0. The number of hydrogen-bond acceptors (Lipinski definition) is 2. The van der Waals surface area contributed by atoms with Gasteiger partial charge in [-0.05, 0) is 50.5 Å². The van der Waals surface area contributed by atoms with Crippen molar-refractivity contribution in [3.63, 3.8) is 0 Å². The summed E-state index contributed by atoms with van der Waals surface area (Å²) in [6.45, 7) is 13.2. The van der Waals surface area contributed by atoms with Crippen molar-refractivity contribution in [2.24, 2.45) is 11.8 Å². The third kappa shape index (κ3) is 38.7. The Bertz CT molecular complexity index is 651. The Labute approximate surface area is 316 Å². The third-order valence-electron chi connectivity index (χ3n) is 11.4. The van der Waals surface area contributed by atoms with Gasteiger partial charge in [0.05, 0.1) is 0 Å². The van der Waals surface area contributed by atoms with Crippen LogP contribution in [0.1, 0.15) is 265 Å². The van der Waals surface area contributed by atoms with E-state index < -0.39 is 5.97 Å². The van der Waals surface area contributed by atoms with Crippen LogP contribution in [0.5, 0.6) is 0 Å². The second-order valence-corrected chi connectivity index (χ2v) is 16.8. The van der Waals surface area contributed by atoms with Gasteiger partial charge < -0.3 is 10.0 Å². The van der Waals surface area contributed by atoms with Gasteiger partial charge in [0, 0.05) is 19.5 Å². The van der Waals surface area contributed by atoms with Crippen LogP contribution in [0.15, 0.2) is 0 Å². The summed E-state index contributed by atoms with van der Waals surface area (Å²) in [7, 11) is 0. The van der Waals surface area contributed by atoms with Crippen molar-refractivity contribution < 1.29 is 9.90 Å². The summed E-state index contributed by atoms with van der Waals surface area (Å²) in [4.78, 5) is 14.1. The lowest BCUT2D eigenvalue weighted by Gasteiger charge is -2.30. The fourth-order valence-electron chi connectivity index (χ4n) is 8.09. The fraction of sp³-hybridized carbons (Fsp3) is 0.979. The van der Waals surface area contributed by atoms with Crippen molar-refractivity contribution in [1.29, 1.82) is 0 Å². The zero-order chi connectivity index (χ0) is 36.6. The number of carboxylic acids is 1. The Morgan fingerprint density at radius 1 is 0.420 bits per heavy atom. The van der Waals surface area contributed by atoms with E-state index in [-0.39, 0.29) is 0 Å². The van der Waals surface area contributed by atoms with Gasteiger partial charge in [0.15, 0.2) is 0 Å². The number of carboxylic acid groups (broad SMARTS) is 1. The maximum absolute atomic E-state index is 11.2. The first kappa shape index (κ1) is 49.4. The average molecular weight is 706 g/mol.